The van der Waals surface area contributed by atoms with Gasteiger partial charge in [-0.15, -0.1) is 13.2 Å². The minimum absolute atomic E-state index is 0.622. The molecule has 0 saturated heterocycles. The maximum Gasteiger partial charge on any atom is 0.144 e. The van der Waals surface area contributed by atoms with Crippen LogP contribution in [0.4, 0.5) is 0 Å². The number of hydrogen-bond acceptors (Lipinski definition) is 2. The molecule has 3 aromatic carbocycles. The van der Waals surface area contributed by atoms with Crippen LogP contribution < -0.4 is 0 Å². The summed E-state index contributed by atoms with van der Waals surface area (Å²) in [6.07, 6.45) is 1.61. The average molecular weight is 356 g/mol. The SMILES string of the molecule is C=C[C@H](OC(c1ccccc1)(c1ccccc1)c1ccccc1)[C@@H](O)C=C. The molecule has 0 fully saturated rings. The molecule has 0 aromatic heterocycles. The molecule has 2 heteroatoms. The van der Waals surface area contributed by atoms with E-state index in [1.54, 1.807) is 6.08 Å². The summed E-state index contributed by atoms with van der Waals surface area (Å²) in [4.78, 5) is 0. The second-order valence-corrected chi connectivity index (χ2v) is 6.32. The lowest BCUT2D eigenvalue weighted by Gasteiger charge is -2.39. The summed E-state index contributed by atoms with van der Waals surface area (Å²) in [5.74, 6) is 0. The van der Waals surface area contributed by atoms with Crippen molar-refractivity contribution in [3.05, 3.63) is 133 Å². The number of hydrogen-bond donors (Lipinski definition) is 1. The fraction of sp³-hybridized carbons (Fsp3) is 0.120. The molecular weight excluding hydrogens is 332 g/mol. The Labute approximate surface area is 161 Å². The van der Waals surface area contributed by atoms with E-state index >= 15 is 0 Å². The van der Waals surface area contributed by atoms with Gasteiger partial charge in [-0.05, 0) is 16.7 Å². The summed E-state index contributed by atoms with van der Waals surface area (Å²) in [5.41, 5.74) is 2.04. The van der Waals surface area contributed by atoms with Crippen LogP contribution >= 0.6 is 0 Å². The predicted octanol–water partition coefficient (Wildman–Crippen LogP) is 5.10. The maximum atomic E-state index is 10.4. The molecule has 0 aliphatic carbocycles. The zero-order chi connectivity index (χ0) is 19.1. The Morgan fingerprint density at radius 3 is 1.33 bits per heavy atom. The first kappa shape index (κ1) is 18.8. The molecule has 27 heavy (non-hydrogen) atoms. The molecule has 0 aliphatic rings. The van der Waals surface area contributed by atoms with Crippen molar-refractivity contribution >= 4 is 0 Å². The number of rotatable bonds is 8. The molecule has 3 aromatic rings. The van der Waals surface area contributed by atoms with Crippen LogP contribution in [0.5, 0.6) is 0 Å². The van der Waals surface area contributed by atoms with Crippen molar-refractivity contribution in [2.45, 2.75) is 17.8 Å². The fourth-order valence-electron chi connectivity index (χ4n) is 3.32. The third kappa shape index (κ3) is 3.77. The fourth-order valence-corrected chi connectivity index (χ4v) is 3.32. The van der Waals surface area contributed by atoms with E-state index in [4.69, 9.17) is 4.74 Å². The van der Waals surface area contributed by atoms with Crippen molar-refractivity contribution in [3.8, 4) is 0 Å². The maximum absolute atomic E-state index is 10.4. The van der Waals surface area contributed by atoms with Gasteiger partial charge in [-0.2, -0.15) is 0 Å². The second-order valence-electron chi connectivity index (χ2n) is 6.32. The summed E-state index contributed by atoms with van der Waals surface area (Å²) in [6, 6.07) is 30.1. The van der Waals surface area contributed by atoms with Gasteiger partial charge < -0.3 is 9.84 Å². The van der Waals surface area contributed by atoms with Crippen LogP contribution in [0.1, 0.15) is 16.7 Å². The van der Waals surface area contributed by atoms with Gasteiger partial charge in [-0.3, -0.25) is 0 Å². The molecule has 2 atom stereocenters. The molecule has 0 aliphatic heterocycles. The van der Waals surface area contributed by atoms with Crippen molar-refractivity contribution in [2.75, 3.05) is 0 Å². The van der Waals surface area contributed by atoms with Gasteiger partial charge in [0.25, 0.3) is 0 Å². The van der Waals surface area contributed by atoms with Gasteiger partial charge in [0.15, 0.2) is 0 Å². The molecule has 0 amide bonds. The van der Waals surface area contributed by atoms with E-state index in [9.17, 15) is 5.11 Å². The van der Waals surface area contributed by atoms with E-state index in [0.717, 1.165) is 16.7 Å². The van der Waals surface area contributed by atoms with Gasteiger partial charge in [-0.25, -0.2) is 0 Å². The topological polar surface area (TPSA) is 29.5 Å². The highest BCUT2D eigenvalue weighted by atomic mass is 16.5. The Bertz CT molecular complexity index is 760. The minimum Gasteiger partial charge on any atom is -0.386 e. The zero-order valence-electron chi connectivity index (χ0n) is 15.2. The monoisotopic (exact) mass is 356 g/mol. The standard InChI is InChI=1S/C25H24O2/c1-3-23(26)24(4-2)27-25(20-14-8-5-9-15-20,21-16-10-6-11-17-21)22-18-12-7-13-19-22/h3-19,23-24,26H,1-2H2/t23-,24-/m0/s1. The third-order valence-corrected chi connectivity index (χ3v) is 4.66. The van der Waals surface area contributed by atoms with E-state index in [1.807, 2.05) is 91.0 Å². The van der Waals surface area contributed by atoms with E-state index in [1.165, 1.54) is 6.08 Å². The third-order valence-electron chi connectivity index (χ3n) is 4.66. The van der Waals surface area contributed by atoms with Crippen molar-refractivity contribution in [1.29, 1.82) is 0 Å². The van der Waals surface area contributed by atoms with E-state index < -0.39 is 17.8 Å². The molecule has 136 valence electrons. The van der Waals surface area contributed by atoms with Crippen LogP contribution in [0, 0.1) is 0 Å². The number of ether oxygens (including phenoxy) is 1. The summed E-state index contributed by atoms with van der Waals surface area (Å²) in [7, 11) is 0. The van der Waals surface area contributed by atoms with E-state index in [0.29, 0.717) is 0 Å². The second kappa shape index (κ2) is 8.63. The van der Waals surface area contributed by atoms with Crippen LogP contribution in [0.25, 0.3) is 0 Å². The molecule has 1 N–H and O–H groups in total. The lowest BCUT2D eigenvalue weighted by Crippen LogP contribution is -2.40. The van der Waals surface area contributed by atoms with Crippen LogP contribution in [0.15, 0.2) is 116 Å². The van der Waals surface area contributed by atoms with Crippen LogP contribution in [0.3, 0.4) is 0 Å². The Morgan fingerprint density at radius 2 is 1.04 bits per heavy atom. The Kier molecular flexibility index (Phi) is 6.02. The highest BCUT2D eigenvalue weighted by Gasteiger charge is 2.40. The van der Waals surface area contributed by atoms with Gasteiger partial charge in [0, 0.05) is 0 Å². The van der Waals surface area contributed by atoms with Crippen molar-refractivity contribution in [2.24, 2.45) is 0 Å². The molecule has 0 saturated carbocycles. The molecule has 0 unspecified atom stereocenters. The molecule has 2 nitrogen and oxygen atoms in total. The smallest absolute Gasteiger partial charge is 0.144 e. The number of aliphatic hydroxyl groups is 1. The molecule has 0 radical (unpaired) electrons. The summed E-state index contributed by atoms with van der Waals surface area (Å²) < 4.78 is 6.66. The van der Waals surface area contributed by atoms with Crippen LogP contribution in [-0.4, -0.2) is 17.3 Å². The molecule has 0 bridgehead atoms. The minimum atomic E-state index is -0.896. The summed E-state index contributed by atoms with van der Waals surface area (Å²) in [5, 5.41) is 10.4. The highest BCUT2D eigenvalue weighted by Crippen LogP contribution is 2.41. The first-order valence-electron chi connectivity index (χ1n) is 9.00. The molecular formula is C25H24O2. The van der Waals surface area contributed by atoms with Gasteiger partial charge >= 0.3 is 0 Å². The first-order valence-corrected chi connectivity index (χ1v) is 9.00. The largest absolute Gasteiger partial charge is 0.386 e. The molecule has 0 heterocycles. The van der Waals surface area contributed by atoms with E-state index in [-0.39, 0.29) is 0 Å². The van der Waals surface area contributed by atoms with Gasteiger partial charge in [0.05, 0.1) is 0 Å². The lowest BCUT2D eigenvalue weighted by molar-refractivity contribution is -0.0655. The van der Waals surface area contributed by atoms with Gasteiger partial charge in [0.1, 0.15) is 17.8 Å². The Balaban J connectivity index is 2.29. The van der Waals surface area contributed by atoms with Crippen molar-refractivity contribution < 1.29 is 9.84 Å². The molecule has 0 spiro atoms. The highest BCUT2D eigenvalue weighted by molar-refractivity contribution is 5.47. The summed E-state index contributed by atoms with van der Waals surface area (Å²) in [6.45, 7) is 7.56. The normalized spacial score (nSPS) is 13.5. The van der Waals surface area contributed by atoms with Crippen molar-refractivity contribution in [1.82, 2.24) is 0 Å². The zero-order valence-corrected chi connectivity index (χ0v) is 15.2. The lowest BCUT2D eigenvalue weighted by atomic mass is 9.79. The number of aliphatic hydroxyl groups excluding tert-OH is 1. The van der Waals surface area contributed by atoms with Crippen molar-refractivity contribution in [3.63, 3.8) is 0 Å². The quantitative estimate of drug-likeness (QED) is 0.450. The first-order chi connectivity index (χ1) is 13.2. The predicted molar refractivity (Wildman–Crippen MR) is 110 cm³/mol. The van der Waals surface area contributed by atoms with Crippen LogP contribution in [0.2, 0.25) is 0 Å². The Hall–Kier alpha value is -2.94. The number of benzene rings is 3. The molecule has 3 rings (SSSR count). The average Bonchev–Trinajstić information content (AvgIpc) is 2.76. The van der Waals surface area contributed by atoms with E-state index in [2.05, 4.69) is 13.2 Å². The van der Waals surface area contributed by atoms with Crippen LogP contribution in [-0.2, 0) is 10.3 Å². The van der Waals surface area contributed by atoms with Gasteiger partial charge in [0.2, 0.25) is 0 Å². The summed E-state index contributed by atoms with van der Waals surface area (Å²) >= 11 is 0. The Morgan fingerprint density at radius 1 is 0.667 bits per heavy atom. The van der Waals surface area contributed by atoms with Gasteiger partial charge in [-0.1, -0.05) is 103 Å².